The molecule has 0 aromatic heterocycles. The van der Waals surface area contributed by atoms with E-state index in [2.05, 4.69) is 32.1 Å². The summed E-state index contributed by atoms with van der Waals surface area (Å²) in [5.74, 6) is 0.854. The molecule has 1 aliphatic rings. The molecule has 0 fully saturated rings. The van der Waals surface area contributed by atoms with Crippen molar-refractivity contribution in [3.05, 3.63) is 23.8 Å². The van der Waals surface area contributed by atoms with Gasteiger partial charge in [0.2, 0.25) is 0 Å². The van der Waals surface area contributed by atoms with E-state index in [0.717, 1.165) is 12.8 Å². The van der Waals surface area contributed by atoms with Gasteiger partial charge in [-0.2, -0.15) is 0 Å². The lowest BCUT2D eigenvalue weighted by Gasteiger charge is -2.34. The zero-order chi connectivity index (χ0) is 11.5. The Hall–Kier alpha value is -0.600. The Morgan fingerprint density at radius 2 is 2.00 bits per heavy atom. The third-order valence-corrected chi connectivity index (χ3v) is 3.13. The first kappa shape index (κ1) is 12.5. The van der Waals surface area contributed by atoms with Crippen LogP contribution in [0.3, 0.4) is 0 Å². The first-order chi connectivity index (χ1) is 6.91. The molecule has 86 valence electrons. The maximum absolute atomic E-state index is 6.02. The largest absolute Gasteiger partial charge is 0.313 e. The molecule has 2 nitrogen and oxygen atoms in total. The van der Waals surface area contributed by atoms with E-state index in [1.165, 1.54) is 12.0 Å². The molecular formula is C13H24N2. The fourth-order valence-electron chi connectivity index (χ4n) is 2.25. The molecule has 15 heavy (non-hydrogen) atoms. The molecule has 0 aromatic carbocycles. The van der Waals surface area contributed by atoms with Crippen LogP contribution < -0.4 is 11.5 Å². The van der Waals surface area contributed by atoms with Crippen molar-refractivity contribution < 1.29 is 0 Å². The molecule has 1 unspecified atom stereocenters. The second-order valence-electron chi connectivity index (χ2n) is 5.18. The normalized spacial score (nSPS) is 19.2. The smallest absolute Gasteiger partial charge is 0.0642 e. The van der Waals surface area contributed by atoms with E-state index in [1.807, 2.05) is 6.92 Å². The molecule has 2 heteroatoms. The zero-order valence-electron chi connectivity index (χ0n) is 10.2. The number of hydrogen-bond acceptors (Lipinski definition) is 2. The van der Waals surface area contributed by atoms with Crippen LogP contribution in [0.25, 0.3) is 0 Å². The van der Waals surface area contributed by atoms with Crippen molar-refractivity contribution in [1.82, 2.24) is 0 Å². The van der Waals surface area contributed by atoms with Gasteiger partial charge in [0, 0.05) is 0 Å². The van der Waals surface area contributed by atoms with Crippen molar-refractivity contribution >= 4 is 0 Å². The Bertz CT molecular complexity index is 256. The fourth-order valence-corrected chi connectivity index (χ4v) is 2.25. The Balaban J connectivity index is 2.67. The van der Waals surface area contributed by atoms with Gasteiger partial charge in [0.25, 0.3) is 0 Å². The van der Waals surface area contributed by atoms with E-state index in [9.17, 15) is 0 Å². The van der Waals surface area contributed by atoms with E-state index in [4.69, 9.17) is 11.5 Å². The van der Waals surface area contributed by atoms with Gasteiger partial charge in [0.1, 0.15) is 0 Å². The highest BCUT2D eigenvalue weighted by molar-refractivity contribution is 5.23. The minimum absolute atomic E-state index is 0.339. The van der Waals surface area contributed by atoms with Crippen molar-refractivity contribution in [1.29, 1.82) is 0 Å². The third kappa shape index (κ3) is 3.80. The summed E-state index contributed by atoms with van der Waals surface area (Å²) < 4.78 is 0. The lowest BCUT2D eigenvalue weighted by molar-refractivity contribution is 0.230. The van der Waals surface area contributed by atoms with E-state index in [0.29, 0.717) is 11.8 Å². The maximum Gasteiger partial charge on any atom is 0.0642 e. The molecular weight excluding hydrogens is 184 g/mol. The number of allylic oxidation sites excluding steroid dienone is 4. The number of rotatable bonds is 4. The van der Waals surface area contributed by atoms with Crippen LogP contribution in [0.1, 0.15) is 40.0 Å². The zero-order valence-corrected chi connectivity index (χ0v) is 10.2. The fraction of sp³-hybridized carbons (Fsp3) is 0.692. The molecule has 0 saturated heterocycles. The van der Waals surface area contributed by atoms with Gasteiger partial charge in [-0.3, -0.25) is 0 Å². The lowest BCUT2D eigenvalue weighted by atomic mass is 9.80. The van der Waals surface area contributed by atoms with Crippen molar-refractivity contribution in [3.63, 3.8) is 0 Å². The molecule has 0 radical (unpaired) electrons. The van der Waals surface area contributed by atoms with Gasteiger partial charge >= 0.3 is 0 Å². The highest BCUT2D eigenvalue weighted by atomic mass is 15.0. The average molecular weight is 208 g/mol. The van der Waals surface area contributed by atoms with Crippen LogP contribution in [-0.4, -0.2) is 5.66 Å². The topological polar surface area (TPSA) is 52.0 Å². The van der Waals surface area contributed by atoms with Crippen molar-refractivity contribution in [2.75, 3.05) is 0 Å². The molecule has 0 aromatic rings. The predicted molar refractivity (Wildman–Crippen MR) is 66.2 cm³/mol. The quantitative estimate of drug-likeness (QED) is 0.698. The number of hydrogen-bond donors (Lipinski definition) is 2. The molecule has 4 N–H and O–H groups in total. The minimum Gasteiger partial charge on any atom is -0.313 e. The highest BCUT2D eigenvalue weighted by Gasteiger charge is 2.28. The Labute approximate surface area is 93.4 Å². The molecule has 0 amide bonds. The van der Waals surface area contributed by atoms with Gasteiger partial charge in [-0.15, -0.1) is 0 Å². The van der Waals surface area contributed by atoms with Gasteiger partial charge in [-0.25, -0.2) is 0 Å². The SMILES string of the molecule is CC(C)C(CC1=CCCC=C1)C(C)(N)N. The summed E-state index contributed by atoms with van der Waals surface area (Å²) in [6.07, 6.45) is 10.1. The molecule has 1 aliphatic carbocycles. The maximum atomic E-state index is 6.02. The standard InChI is InChI=1S/C13H24N2/c1-10(2)12(13(3,14)15)9-11-7-5-4-6-8-11/h5,7-8,10,12H,4,6,9,14-15H2,1-3H3. The Morgan fingerprint density at radius 1 is 1.33 bits per heavy atom. The molecule has 0 bridgehead atoms. The van der Waals surface area contributed by atoms with Crippen molar-refractivity contribution in [2.45, 2.75) is 45.7 Å². The van der Waals surface area contributed by atoms with Crippen LogP contribution >= 0.6 is 0 Å². The van der Waals surface area contributed by atoms with Crippen molar-refractivity contribution in [3.8, 4) is 0 Å². The van der Waals surface area contributed by atoms with Gasteiger partial charge in [0.15, 0.2) is 0 Å². The summed E-state index contributed by atoms with van der Waals surface area (Å²) >= 11 is 0. The monoisotopic (exact) mass is 208 g/mol. The first-order valence-corrected chi connectivity index (χ1v) is 5.84. The van der Waals surface area contributed by atoms with Crippen LogP contribution in [0.2, 0.25) is 0 Å². The summed E-state index contributed by atoms with van der Waals surface area (Å²) in [6, 6.07) is 0. The molecule has 0 aliphatic heterocycles. The summed E-state index contributed by atoms with van der Waals surface area (Å²) in [5.41, 5.74) is 12.9. The Morgan fingerprint density at radius 3 is 2.40 bits per heavy atom. The van der Waals surface area contributed by atoms with Crippen LogP contribution in [0, 0.1) is 11.8 Å². The van der Waals surface area contributed by atoms with E-state index >= 15 is 0 Å². The second kappa shape index (κ2) is 4.95. The van der Waals surface area contributed by atoms with Gasteiger partial charge in [-0.05, 0) is 38.0 Å². The third-order valence-electron chi connectivity index (χ3n) is 3.13. The molecule has 0 heterocycles. The van der Waals surface area contributed by atoms with Crippen LogP contribution in [0.4, 0.5) is 0 Å². The van der Waals surface area contributed by atoms with Gasteiger partial charge in [-0.1, -0.05) is 37.6 Å². The van der Waals surface area contributed by atoms with E-state index in [-0.39, 0.29) is 0 Å². The average Bonchev–Trinajstić information content (AvgIpc) is 2.13. The van der Waals surface area contributed by atoms with Crippen LogP contribution in [0.5, 0.6) is 0 Å². The second-order valence-corrected chi connectivity index (χ2v) is 5.18. The molecule has 0 spiro atoms. The van der Waals surface area contributed by atoms with E-state index in [1.54, 1.807) is 0 Å². The van der Waals surface area contributed by atoms with Crippen molar-refractivity contribution in [2.24, 2.45) is 23.3 Å². The molecule has 1 atom stereocenters. The Kier molecular flexibility index (Phi) is 4.12. The summed E-state index contributed by atoms with van der Waals surface area (Å²) in [7, 11) is 0. The molecule has 1 rings (SSSR count). The summed E-state index contributed by atoms with van der Waals surface area (Å²) in [4.78, 5) is 0. The number of nitrogens with two attached hydrogens (primary N) is 2. The van der Waals surface area contributed by atoms with E-state index < -0.39 is 5.66 Å². The summed E-state index contributed by atoms with van der Waals surface area (Å²) in [6.45, 7) is 6.30. The van der Waals surface area contributed by atoms with Crippen LogP contribution in [-0.2, 0) is 0 Å². The highest BCUT2D eigenvalue weighted by Crippen LogP contribution is 2.28. The molecule has 0 saturated carbocycles. The first-order valence-electron chi connectivity index (χ1n) is 5.84. The van der Waals surface area contributed by atoms with Gasteiger partial charge in [0.05, 0.1) is 5.66 Å². The van der Waals surface area contributed by atoms with Gasteiger partial charge < -0.3 is 11.5 Å². The lowest BCUT2D eigenvalue weighted by Crippen LogP contribution is -2.54. The minimum atomic E-state index is -0.583. The predicted octanol–water partition coefficient (Wildman–Crippen LogP) is 2.56. The van der Waals surface area contributed by atoms with Crippen LogP contribution in [0.15, 0.2) is 23.8 Å². The summed E-state index contributed by atoms with van der Waals surface area (Å²) in [5, 5.41) is 0.